The fourth-order valence-corrected chi connectivity index (χ4v) is 2.92. The topological polar surface area (TPSA) is 67.2 Å². The molecular formula is C12H22N6OS. The zero-order valence-corrected chi connectivity index (χ0v) is 13.1. The summed E-state index contributed by atoms with van der Waals surface area (Å²) in [7, 11) is 2.09. The van der Waals surface area contributed by atoms with Gasteiger partial charge in [-0.2, -0.15) is 0 Å². The number of likely N-dealkylation sites (N-methyl/N-ethyl adjacent to an activating group) is 1. The number of tetrazole rings is 1. The van der Waals surface area contributed by atoms with E-state index >= 15 is 0 Å². The van der Waals surface area contributed by atoms with Crippen LogP contribution in [0.2, 0.25) is 0 Å². The van der Waals surface area contributed by atoms with Crippen LogP contribution in [0.4, 0.5) is 0 Å². The monoisotopic (exact) mass is 298 g/mol. The minimum Gasteiger partial charge on any atom is -0.339 e. The summed E-state index contributed by atoms with van der Waals surface area (Å²) in [6.07, 6.45) is 0. The van der Waals surface area contributed by atoms with Gasteiger partial charge in [0.25, 0.3) is 0 Å². The summed E-state index contributed by atoms with van der Waals surface area (Å²) in [6.45, 7) is 7.67. The van der Waals surface area contributed by atoms with E-state index in [1.54, 1.807) is 16.4 Å². The van der Waals surface area contributed by atoms with Gasteiger partial charge in [-0.1, -0.05) is 0 Å². The Labute approximate surface area is 123 Å². The first-order chi connectivity index (χ1) is 9.58. The standard InChI is InChI=1S/C12H22N6OS/c1-10(2)18-11(13-14-15-18)8-20-9-12(19)17-6-4-16(3)5-7-17/h10H,4-9H2,1-3H3. The van der Waals surface area contributed by atoms with Crippen molar-refractivity contribution in [3.8, 4) is 0 Å². The average molecular weight is 298 g/mol. The molecule has 8 heteroatoms. The molecule has 7 nitrogen and oxygen atoms in total. The van der Waals surface area contributed by atoms with E-state index in [1.165, 1.54) is 0 Å². The first-order valence-electron chi connectivity index (χ1n) is 6.88. The molecule has 1 aliphatic rings. The molecule has 0 radical (unpaired) electrons. The molecule has 0 unspecified atom stereocenters. The Balaban J connectivity index is 1.75. The number of rotatable bonds is 5. The maximum atomic E-state index is 12.1. The number of thioether (sulfide) groups is 1. The van der Waals surface area contributed by atoms with Crippen molar-refractivity contribution in [2.45, 2.75) is 25.6 Å². The molecule has 1 aliphatic heterocycles. The van der Waals surface area contributed by atoms with E-state index < -0.39 is 0 Å². The van der Waals surface area contributed by atoms with E-state index in [2.05, 4.69) is 27.5 Å². The summed E-state index contributed by atoms with van der Waals surface area (Å²) < 4.78 is 1.80. The quantitative estimate of drug-likeness (QED) is 0.777. The number of carbonyl (C=O) groups excluding carboxylic acids is 1. The lowest BCUT2D eigenvalue weighted by Gasteiger charge is -2.32. The second kappa shape index (κ2) is 7.03. The fraction of sp³-hybridized carbons (Fsp3) is 0.833. The smallest absolute Gasteiger partial charge is 0.232 e. The Morgan fingerprint density at radius 1 is 1.30 bits per heavy atom. The van der Waals surface area contributed by atoms with Gasteiger partial charge in [0, 0.05) is 26.2 Å². The van der Waals surface area contributed by atoms with Crippen LogP contribution in [-0.4, -0.2) is 74.9 Å². The third-order valence-electron chi connectivity index (χ3n) is 3.36. The number of aromatic nitrogens is 4. The summed E-state index contributed by atoms with van der Waals surface area (Å²) in [4.78, 5) is 16.3. The normalized spacial score (nSPS) is 16.9. The molecule has 1 amide bonds. The van der Waals surface area contributed by atoms with Crippen LogP contribution in [0.15, 0.2) is 0 Å². The van der Waals surface area contributed by atoms with E-state index in [4.69, 9.17) is 0 Å². The van der Waals surface area contributed by atoms with Gasteiger partial charge in [-0.25, -0.2) is 4.68 Å². The first-order valence-corrected chi connectivity index (χ1v) is 8.04. The number of amides is 1. The molecule has 0 atom stereocenters. The van der Waals surface area contributed by atoms with Crippen LogP contribution in [-0.2, 0) is 10.5 Å². The van der Waals surface area contributed by atoms with Gasteiger partial charge in [-0.15, -0.1) is 16.9 Å². The predicted octanol–water partition coefficient (Wildman–Crippen LogP) is 0.261. The Morgan fingerprint density at radius 3 is 2.65 bits per heavy atom. The average Bonchev–Trinajstić information content (AvgIpc) is 2.88. The SMILES string of the molecule is CC(C)n1nnnc1CSCC(=O)N1CCN(C)CC1. The van der Waals surface area contributed by atoms with Crippen molar-refractivity contribution in [3.63, 3.8) is 0 Å². The van der Waals surface area contributed by atoms with Crippen molar-refractivity contribution in [1.82, 2.24) is 30.0 Å². The molecule has 2 heterocycles. The molecule has 1 aromatic heterocycles. The molecule has 1 fully saturated rings. The van der Waals surface area contributed by atoms with Crippen molar-refractivity contribution in [2.75, 3.05) is 39.0 Å². The fourth-order valence-electron chi connectivity index (χ4n) is 2.09. The zero-order valence-electron chi connectivity index (χ0n) is 12.3. The van der Waals surface area contributed by atoms with Crippen molar-refractivity contribution < 1.29 is 4.79 Å². The van der Waals surface area contributed by atoms with Gasteiger partial charge >= 0.3 is 0 Å². The van der Waals surface area contributed by atoms with Gasteiger partial charge in [0.1, 0.15) is 0 Å². The summed E-state index contributed by atoms with van der Waals surface area (Å²) in [5.74, 6) is 2.21. The van der Waals surface area contributed by atoms with Crippen molar-refractivity contribution in [1.29, 1.82) is 0 Å². The van der Waals surface area contributed by atoms with Gasteiger partial charge in [0.2, 0.25) is 5.91 Å². The lowest BCUT2D eigenvalue weighted by atomic mass is 10.3. The Kier molecular flexibility index (Phi) is 5.36. The summed E-state index contributed by atoms with van der Waals surface area (Å²) in [5, 5.41) is 11.6. The number of carbonyl (C=O) groups is 1. The Hall–Kier alpha value is -1.15. The van der Waals surface area contributed by atoms with Crippen LogP contribution < -0.4 is 0 Å². The number of hydrogen-bond donors (Lipinski definition) is 0. The predicted molar refractivity (Wildman–Crippen MR) is 78.4 cm³/mol. The minimum absolute atomic E-state index is 0.215. The Morgan fingerprint density at radius 2 is 2.00 bits per heavy atom. The minimum atomic E-state index is 0.215. The molecule has 0 aliphatic carbocycles. The maximum Gasteiger partial charge on any atom is 0.232 e. The summed E-state index contributed by atoms with van der Waals surface area (Å²) >= 11 is 1.58. The second-order valence-corrected chi connectivity index (χ2v) is 6.30. The third-order valence-corrected chi connectivity index (χ3v) is 4.28. The van der Waals surface area contributed by atoms with E-state index in [1.807, 2.05) is 18.7 Å². The van der Waals surface area contributed by atoms with Crippen LogP contribution in [0.3, 0.4) is 0 Å². The highest BCUT2D eigenvalue weighted by atomic mass is 32.2. The highest BCUT2D eigenvalue weighted by Gasteiger charge is 2.19. The molecule has 1 aromatic rings. The number of nitrogens with zero attached hydrogens (tertiary/aromatic N) is 6. The molecule has 0 bridgehead atoms. The molecule has 2 rings (SSSR count). The summed E-state index contributed by atoms with van der Waals surface area (Å²) in [6, 6.07) is 0.244. The molecule has 0 saturated carbocycles. The highest BCUT2D eigenvalue weighted by Crippen LogP contribution is 2.13. The van der Waals surface area contributed by atoms with Crippen LogP contribution in [0.5, 0.6) is 0 Å². The molecular weight excluding hydrogens is 276 g/mol. The largest absolute Gasteiger partial charge is 0.339 e. The lowest BCUT2D eigenvalue weighted by Crippen LogP contribution is -2.47. The number of piperazine rings is 1. The first kappa shape index (κ1) is 15.2. The van der Waals surface area contributed by atoms with Gasteiger partial charge in [-0.3, -0.25) is 4.79 Å². The van der Waals surface area contributed by atoms with Crippen molar-refractivity contribution in [3.05, 3.63) is 5.82 Å². The van der Waals surface area contributed by atoms with Crippen LogP contribution in [0.1, 0.15) is 25.7 Å². The Bertz CT molecular complexity index is 441. The zero-order chi connectivity index (χ0) is 14.5. The third kappa shape index (κ3) is 3.92. The molecule has 112 valence electrons. The van der Waals surface area contributed by atoms with E-state index in [9.17, 15) is 4.79 Å². The van der Waals surface area contributed by atoms with Gasteiger partial charge in [-0.05, 0) is 31.3 Å². The molecule has 0 aromatic carbocycles. The van der Waals surface area contributed by atoms with E-state index in [0.29, 0.717) is 11.5 Å². The van der Waals surface area contributed by atoms with Crippen LogP contribution in [0.25, 0.3) is 0 Å². The molecule has 0 N–H and O–H groups in total. The molecule has 20 heavy (non-hydrogen) atoms. The lowest BCUT2D eigenvalue weighted by molar-refractivity contribution is -0.129. The molecule has 1 saturated heterocycles. The van der Waals surface area contributed by atoms with Gasteiger partial charge in [0.15, 0.2) is 5.82 Å². The van der Waals surface area contributed by atoms with Crippen molar-refractivity contribution in [2.24, 2.45) is 0 Å². The second-order valence-electron chi connectivity index (χ2n) is 5.31. The summed E-state index contributed by atoms with van der Waals surface area (Å²) in [5.41, 5.74) is 0. The van der Waals surface area contributed by atoms with Gasteiger partial charge < -0.3 is 9.80 Å². The van der Waals surface area contributed by atoms with Crippen LogP contribution >= 0.6 is 11.8 Å². The van der Waals surface area contributed by atoms with Crippen LogP contribution in [0, 0.1) is 0 Å². The number of hydrogen-bond acceptors (Lipinski definition) is 6. The van der Waals surface area contributed by atoms with E-state index in [0.717, 1.165) is 32.0 Å². The van der Waals surface area contributed by atoms with Crippen molar-refractivity contribution >= 4 is 17.7 Å². The molecule has 0 spiro atoms. The van der Waals surface area contributed by atoms with E-state index in [-0.39, 0.29) is 11.9 Å². The maximum absolute atomic E-state index is 12.1. The highest BCUT2D eigenvalue weighted by molar-refractivity contribution is 7.99. The van der Waals surface area contributed by atoms with Gasteiger partial charge in [0.05, 0.1) is 17.5 Å².